The molecule has 0 bridgehead atoms. The van der Waals surface area contributed by atoms with Gasteiger partial charge in [0.15, 0.2) is 4.77 Å². The van der Waals surface area contributed by atoms with Gasteiger partial charge in [-0.3, -0.25) is 9.89 Å². The number of carbonyl (C=O) groups excluding carboxylic acids is 1. The van der Waals surface area contributed by atoms with Crippen LogP contribution >= 0.6 is 12.2 Å². The second kappa shape index (κ2) is 8.47. The lowest BCUT2D eigenvalue weighted by Gasteiger charge is -2.32. The topological polar surface area (TPSA) is 63.1 Å². The highest BCUT2D eigenvalue weighted by Crippen LogP contribution is 2.28. The van der Waals surface area contributed by atoms with Gasteiger partial charge in [0.2, 0.25) is 0 Å². The van der Waals surface area contributed by atoms with E-state index in [1.165, 1.54) is 12.8 Å². The molecule has 1 aromatic heterocycles. The van der Waals surface area contributed by atoms with Crippen LogP contribution in [0.25, 0.3) is 0 Å². The maximum Gasteiger partial charge on any atom is 0.254 e. The van der Waals surface area contributed by atoms with Crippen LogP contribution in [0.2, 0.25) is 0 Å². The normalized spacial score (nSPS) is 20.5. The van der Waals surface area contributed by atoms with E-state index in [4.69, 9.17) is 17.0 Å². The largest absolute Gasteiger partial charge is 0.490 e. The van der Waals surface area contributed by atoms with Crippen LogP contribution in [0.5, 0.6) is 5.75 Å². The summed E-state index contributed by atoms with van der Waals surface area (Å²) >= 11 is 5.32. The second-order valence-electron chi connectivity index (χ2n) is 7.77. The summed E-state index contributed by atoms with van der Waals surface area (Å²) in [5, 5.41) is 7.33. The third-order valence-corrected chi connectivity index (χ3v) is 6.18. The Morgan fingerprint density at radius 1 is 1.29 bits per heavy atom. The summed E-state index contributed by atoms with van der Waals surface area (Å²) < 4.78 is 8.76. The maximum absolute atomic E-state index is 13.1. The molecule has 1 saturated carbocycles. The Morgan fingerprint density at radius 2 is 2.11 bits per heavy atom. The van der Waals surface area contributed by atoms with Crippen molar-refractivity contribution in [1.82, 2.24) is 19.7 Å². The van der Waals surface area contributed by atoms with Crippen LogP contribution in [-0.4, -0.2) is 44.8 Å². The fraction of sp³-hybridized carbons (Fsp3) is 0.571. The van der Waals surface area contributed by atoms with Gasteiger partial charge in [-0.25, -0.2) is 0 Å². The van der Waals surface area contributed by atoms with Crippen molar-refractivity contribution in [2.75, 3.05) is 13.1 Å². The fourth-order valence-electron chi connectivity index (χ4n) is 4.40. The number of amides is 1. The molecule has 0 radical (unpaired) electrons. The van der Waals surface area contributed by atoms with E-state index < -0.39 is 0 Å². The first kappa shape index (κ1) is 19.2. The number of ether oxygens (including phenoxy) is 1. The predicted octanol–water partition coefficient (Wildman–Crippen LogP) is 4.30. The minimum Gasteiger partial charge on any atom is -0.490 e. The number of rotatable bonds is 5. The summed E-state index contributed by atoms with van der Waals surface area (Å²) in [6.45, 7) is 4.30. The average Bonchev–Trinajstić information content (AvgIpc) is 3.37. The number of piperidine rings is 1. The molecule has 150 valence electrons. The number of aromatic nitrogens is 3. The quantitative estimate of drug-likeness (QED) is 0.760. The number of aromatic amines is 1. The number of nitrogens with zero attached hydrogens (tertiary/aromatic N) is 3. The van der Waals surface area contributed by atoms with Gasteiger partial charge in [0, 0.05) is 31.1 Å². The number of hydrogen-bond acceptors (Lipinski definition) is 4. The molecule has 2 fully saturated rings. The van der Waals surface area contributed by atoms with E-state index in [0.717, 1.165) is 50.3 Å². The van der Waals surface area contributed by atoms with Gasteiger partial charge in [0.25, 0.3) is 5.91 Å². The number of likely N-dealkylation sites (tertiary alicyclic amines) is 1. The summed E-state index contributed by atoms with van der Waals surface area (Å²) in [6.07, 6.45) is 6.97. The van der Waals surface area contributed by atoms with E-state index in [-0.39, 0.29) is 11.8 Å². The van der Waals surface area contributed by atoms with Gasteiger partial charge in [-0.2, -0.15) is 5.10 Å². The van der Waals surface area contributed by atoms with E-state index in [9.17, 15) is 4.79 Å². The van der Waals surface area contributed by atoms with Crippen molar-refractivity contribution in [1.29, 1.82) is 0 Å². The standard InChI is InChI=1S/C21H28N4O2S/c1-2-25-19(22-23-21(25)28)16-8-6-12-24(14-16)20(26)15-7-5-11-18(13-15)27-17-9-3-4-10-17/h5,7,11,13,16-17H,2-4,6,8-10,12,14H2,1H3,(H,23,28). The van der Waals surface area contributed by atoms with Crippen LogP contribution in [0, 0.1) is 4.77 Å². The molecule has 7 heteroatoms. The van der Waals surface area contributed by atoms with Crippen molar-refractivity contribution in [3.63, 3.8) is 0 Å². The zero-order valence-corrected chi connectivity index (χ0v) is 17.2. The number of hydrogen-bond donors (Lipinski definition) is 1. The number of carbonyl (C=O) groups is 1. The third kappa shape index (κ3) is 3.99. The zero-order chi connectivity index (χ0) is 19.5. The van der Waals surface area contributed by atoms with Crippen LogP contribution in [0.1, 0.15) is 67.5 Å². The Morgan fingerprint density at radius 3 is 2.89 bits per heavy atom. The van der Waals surface area contributed by atoms with Crippen LogP contribution in [0.3, 0.4) is 0 Å². The van der Waals surface area contributed by atoms with Crippen LogP contribution in [0.15, 0.2) is 24.3 Å². The highest BCUT2D eigenvalue weighted by Gasteiger charge is 2.28. The Hall–Kier alpha value is -2.15. The minimum absolute atomic E-state index is 0.0683. The molecule has 1 amide bonds. The van der Waals surface area contributed by atoms with E-state index in [1.807, 2.05) is 33.7 Å². The van der Waals surface area contributed by atoms with Gasteiger partial charge >= 0.3 is 0 Å². The fourth-order valence-corrected chi connectivity index (χ4v) is 4.67. The number of nitrogens with one attached hydrogen (secondary N) is 1. The van der Waals surface area contributed by atoms with E-state index >= 15 is 0 Å². The van der Waals surface area contributed by atoms with Crippen LogP contribution < -0.4 is 4.74 Å². The van der Waals surface area contributed by atoms with E-state index in [2.05, 4.69) is 17.1 Å². The Labute approximate surface area is 170 Å². The molecule has 6 nitrogen and oxygen atoms in total. The molecular formula is C21H28N4O2S. The van der Waals surface area contributed by atoms with Gasteiger partial charge in [-0.05, 0) is 75.9 Å². The first-order valence-electron chi connectivity index (χ1n) is 10.4. The lowest BCUT2D eigenvalue weighted by Crippen LogP contribution is -2.39. The molecule has 28 heavy (non-hydrogen) atoms. The predicted molar refractivity (Wildman–Crippen MR) is 110 cm³/mol. The van der Waals surface area contributed by atoms with Crippen molar-refractivity contribution in [2.45, 2.75) is 64.0 Å². The van der Waals surface area contributed by atoms with Crippen molar-refractivity contribution in [3.8, 4) is 5.75 Å². The summed E-state index contributed by atoms with van der Waals surface area (Å²) in [5.74, 6) is 2.05. The lowest BCUT2D eigenvalue weighted by atomic mass is 9.96. The summed E-state index contributed by atoms with van der Waals surface area (Å²) in [5.41, 5.74) is 0.700. The molecule has 4 rings (SSSR count). The van der Waals surface area contributed by atoms with Crippen molar-refractivity contribution in [2.24, 2.45) is 0 Å². The average molecular weight is 401 g/mol. The lowest BCUT2D eigenvalue weighted by molar-refractivity contribution is 0.0702. The number of H-pyrrole nitrogens is 1. The van der Waals surface area contributed by atoms with Gasteiger partial charge in [0.1, 0.15) is 11.6 Å². The SMILES string of the molecule is CCn1c(C2CCCN(C(=O)c3cccc(OC4CCCC4)c3)C2)n[nH]c1=S. The molecule has 1 N–H and O–H groups in total. The Balaban J connectivity index is 1.47. The molecule has 1 aliphatic heterocycles. The van der Waals surface area contributed by atoms with Crippen molar-refractivity contribution >= 4 is 18.1 Å². The van der Waals surface area contributed by atoms with Gasteiger partial charge in [-0.1, -0.05) is 6.07 Å². The molecule has 2 heterocycles. The van der Waals surface area contributed by atoms with Gasteiger partial charge < -0.3 is 14.2 Å². The Kier molecular flexibility index (Phi) is 5.80. The summed E-state index contributed by atoms with van der Waals surface area (Å²) in [6, 6.07) is 7.65. The van der Waals surface area contributed by atoms with E-state index in [0.29, 0.717) is 23.0 Å². The van der Waals surface area contributed by atoms with Gasteiger partial charge in [0.05, 0.1) is 6.10 Å². The van der Waals surface area contributed by atoms with Crippen LogP contribution in [-0.2, 0) is 6.54 Å². The monoisotopic (exact) mass is 400 g/mol. The molecule has 1 aliphatic carbocycles. The molecule has 2 aromatic rings. The maximum atomic E-state index is 13.1. The summed E-state index contributed by atoms with van der Waals surface area (Å²) in [7, 11) is 0. The van der Waals surface area contributed by atoms with Crippen LogP contribution in [0.4, 0.5) is 0 Å². The molecule has 1 unspecified atom stereocenters. The first-order chi connectivity index (χ1) is 13.7. The minimum atomic E-state index is 0.0683. The Bertz CT molecular complexity index is 885. The highest BCUT2D eigenvalue weighted by atomic mass is 32.1. The number of benzene rings is 1. The molecule has 0 spiro atoms. The highest BCUT2D eigenvalue weighted by molar-refractivity contribution is 7.71. The summed E-state index contributed by atoms with van der Waals surface area (Å²) in [4.78, 5) is 15.1. The molecule has 1 aromatic carbocycles. The smallest absolute Gasteiger partial charge is 0.254 e. The molecule has 1 atom stereocenters. The van der Waals surface area contributed by atoms with Gasteiger partial charge in [-0.15, -0.1) is 0 Å². The first-order valence-corrected chi connectivity index (χ1v) is 10.8. The molecule has 2 aliphatic rings. The van der Waals surface area contributed by atoms with Crippen molar-refractivity contribution < 1.29 is 9.53 Å². The second-order valence-corrected chi connectivity index (χ2v) is 8.16. The zero-order valence-electron chi connectivity index (χ0n) is 16.4. The van der Waals surface area contributed by atoms with Crippen molar-refractivity contribution in [3.05, 3.63) is 40.4 Å². The van der Waals surface area contributed by atoms with E-state index in [1.54, 1.807) is 0 Å². The third-order valence-electron chi connectivity index (χ3n) is 5.86. The molecule has 1 saturated heterocycles. The molecular weight excluding hydrogens is 372 g/mol.